The Kier molecular flexibility index (Phi) is 3.15. The fraction of sp³-hybridized carbons (Fsp3) is 0. The van der Waals surface area contributed by atoms with Crippen molar-refractivity contribution < 1.29 is 13.5 Å². The topological polar surface area (TPSA) is 104 Å². The number of benzene rings is 2. The average Bonchev–Trinajstić information content (AvgIpc) is 2.39. The molecule has 19 heavy (non-hydrogen) atoms. The van der Waals surface area contributed by atoms with Crippen molar-refractivity contribution in [1.29, 1.82) is 5.26 Å². The summed E-state index contributed by atoms with van der Waals surface area (Å²) in [7, 11) is -3.88. The Balaban J connectivity index is 2.70. The Bertz CT molecular complexity index is 762. The third kappa shape index (κ3) is 2.23. The molecule has 0 heterocycles. The van der Waals surface area contributed by atoms with E-state index in [9.17, 15) is 13.5 Å². The highest BCUT2D eigenvalue weighted by atomic mass is 32.2. The van der Waals surface area contributed by atoms with Crippen molar-refractivity contribution in [3.63, 3.8) is 0 Å². The van der Waals surface area contributed by atoms with Gasteiger partial charge >= 0.3 is 0 Å². The highest BCUT2D eigenvalue weighted by Crippen LogP contribution is 2.32. The summed E-state index contributed by atoms with van der Waals surface area (Å²) in [6, 6.07) is 11.6. The summed E-state index contributed by atoms with van der Waals surface area (Å²) < 4.78 is 24.6. The fourth-order valence-electron chi connectivity index (χ4n) is 1.62. The van der Waals surface area contributed by atoms with Gasteiger partial charge in [-0.05, 0) is 18.2 Å². The van der Waals surface area contributed by atoms with E-state index in [-0.39, 0.29) is 21.0 Å². The number of phenols is 1. The number of nitrogen functional groups attached to an aromatic ring is 1. The maximum Gasteiger partial charge on any atom is 0.210 e. The van der Waals surface area contributed by atoms with E-state index in [1.165, 1.54) is 12.1 Å². The van der Waals surface area contributed by atoms with Gasteiger partial charge in [-0.1, -0.05) is 18.2 Å². The second-order valence-electron chi connectivity index (χ2n) is 3.84. The van der Waals surface area contributed by atoms with Gasteiger partial charge in [0.1, 0.15) is 16.7 Å². The van der Waals surface area contributed by atoms with Crippen molar-refractivity contribution in [3.8, 4) is 11.8 Å². The van der Waals surface area contributed by atoms with E-state index < -0.39 is 15.6 Å². The van der Waals surface area contributed by atoms with Crippen molar-refractivity contribution >= 4 is 15.5 Å². The lowest BCUT2D eigenvalue weighted by atomic mass is 10.2. The summed E-state index contributed by atoms with van der Waals surface area (Å²) in [6.45, 7) is 0. The third-order valence-corrected chi connectivity index (χ3v) is 4.39. The molecule has 2 rings (SSSR count). The second kappa shape index (κ2) is 4.63. The van der Waals surface area contributed by atoms with Crippen LogP contribution in [0, 0.1) is 11.3 Å². The number of nitrogens with zero attached hydrogens (tertiary/aromatic N) is 1. The van der Waals surface area contributed by atoms with Crippen LogP contribution >= 0.6 is 0 Å². The SMILES string of the molecule is N#Cc1cc(S(=O)(=O)c2ccccc2)c(O)cc1N. The van der Waals surface area contributed by atoms with Gasteiger partial charge in [0.2, 0.25) is 9.84 Å². The zero-order valence-corrected chi connectivity index (χ0v) is 10.6. The lowest BCUT2D eigenvalue weighted by molar-refractivity contribution is 0.459. The third-order valence-electron chi connectivity index (χ3n) is 2.59. The summed E-state index contributed by atoms with van der Waals surface area (Å²) in [4.78, 5) is -0.289. The number of hydrogen-bond donors (Lipinski definition) is 2. The lowest BCUT2D eigenvalue weighted by Crippen LogP contribution is -2.04. The Labute approximate surface area is 110 Å². The van der Waals surface area contributed by atoms with Crippen molar-refractivity contribution in [2.75, 3.05) is 5.73 Å². The minimum Gasteiger partial charge on any atom is -0.506 e. The van der Waals surface area contributed by atoms with E-state index in [0.29, 0.717) is 0 Å². The lowest BCUT2D eigenvalue weighted by Gasteiger charge is -2.08. The second-order valence-corrected chi connectivity index (χ2v) is 5.75. The van der Waals surface area contributed by atoms with Crippen LogP contribution < -0.4 is 5.73 Å². The normalized spacial score (nSPS) is 10.9. The molecule has 0 bridgehead atoms. The quantitative estimate of drug-likeness (QED) is 0.811. The number of anilines is 1. The largest absolute Gasteiger partial charge is 0.506 e. The van der Waals surface area contributed by atoms with E-state index in [1.54, 1.807) is 24.3 Å². The first-order chi connectivity index (χ1) is 8.96. The predicted octanol–water partition coefficient (Wildman–Crippen LogP) is 1.68. The molecule has 2 aromatic rings. The molecule has 0 atom stereocenters. The van der Waals surface area contributed by atoms with Crippen LogP contribution in [-0.2, 0) is 9.84 Å². The van der Waals surface area contributed by atoms with Crippen molar-refractivity contribution in [2.45, 2.75) is 9.79 Å². The molecule has 3 N–H and O–H groups in total. The van der Waals surface area contributed by atoms with Gasteiger partial charge in [-0.25, -0.2) is 8.42 Å². The van der Waals surface area contributed by atoms with Gasteiger partial charge in [0, 0.05) is 6.07 Å². The molecular weight excluding hydrogens is 264 g/mol. The van der Waals surface area contributed by atoms with Crippen LogP contribution in [-0.4, -0.2) is 13.5 Å². The van der Waals surface area contributed by atoms with Crippen molar-refractivity contribution in [2.24, 2.45) is 0 Å². The van der Waals surface area contributed by atoms with Crippen molar-refractivity contribution in [1.82, 2.24) is 0 Å². The highest BCUT2D eigenvalue weighted by Gasteiger charge is 2.22. The summed E-state index contributed by atoms with van der Waals surface area (Å²) in [5, 5.41) is 18.6. The van der Waals surface area contributed by atoms with Crippen LogP contribution in [0.1, 0.15) is 5.56 Å². The first-order valence-electron chi connectivity index (χ1n) is 5.29. The Morgan fingerprint density at radius 1 is 1.16 bits per heavy atom. The first kappa shape index (κ1) is 12.9. The maximum atomic E-state index is 12.3. The molecule has 0 aromatic heterocycles. The zero-order chi connectivity index (χ0) is 14.0. The van der Waals surface area contributed by atoms with E-state index in [2.05, 4.69) is 0 Å². The monoisotopic (exact) mass is 274 g/mol. The minimum absolute atomic E-state index is 0.00676. The Hall–Kier alpha value is -2.52. The van der Waals surface area contributed by atoms with E-state index in [4.69, 9.17) is 11.0 Å². The molecule has 0 aliphatic carbocycles. The molecule has 2 aromatic carbocycles. The molecule has 0 unspecified atom stereocenters. The van der Waals surface area contributed by atoms with Gasteiger partial charge in [-0.15, -0.1) is 0 Å². The van der Waals surface area contributed by atoms with Gasteiger partial charge in [0.05, 0.1) is 16.1 Å². The predicted molar refractivity (Wildman–Crippen MR) is 69.1 cm³/mol. The average molecular weight is 274 g/mol. The molecule has 0 amide bonds. The summed E-state index contributed by atoms with van der Waals surface area (Å²) in [6.07, 6.45) is 0. The molecule has 0 radical (unpaired) electrons. The van der Waals surface area contributed by atoms with Crippen LogP contribution in [0.25, 0.3) is 0 Å². The van der Waals surface area contributed by atoms with E-state index in [0.717, 1.165) is 12.1 Å². The Morgan fingerprint density at radius 2 is 1.79 bits per heavy atom. The van der Waals surface area contributed by atoms with Crippen LogP contribution in [0.2, 0.25) is 0 Å². The van der Waals surface area contributed by atoms with Crippen LogP contribution in [0.4, 0.5) is 5.69 Å². The minimum atomic E-state index is -3.88. The van der Waals surface area contributed by atoms with Crippen LogP contribution in [0.5, 0.6) is 5.75 Å². The van der Waals surface area contributed by atoms with Crippen LogP contribution in [0.3, 0.4) is 0 Å². The number of aromatic hydroxyl groups is 1. The molecule has 0 saturated heterocycles. The molecule has 0 fully saturated rings. The summed E-state index contributed by atoms with van der Waals surface area (Å²) in [5.41, 5.74) is 5.55. The molecule has 6 heteroatoms. The fourth-order valence-corrected chi connectivity index (χ4v) is 3.00. The van der Waals surface area contributed by atoms with Gasteiger partial charge in [-0.3, -0.25) is 0 Å². The molecule has 0 aliphatic rings. The van der Waals surface area contributed by atoms with Crippen LogP contribution in [0.15, 0.2) is 52.3 Å². The molecule has 0 spiro atoms. The van der Waals surface area contributed by atoms with E-state index in [1.807, 2.05) is 0 Å². The maximum absolute atomic E-state index is 12.3. The first-order valence-corrected chi connectivity index (χ1v) is 6.78. The number of nitrogens with two attached hydrogens (primary N) is 1. The number of phenolic OH excluding ortho intramolecular Hbond substituents is 1. The molecule has 5 nitrogen and oxygen atoms in total. The van der Waals surface area contributed by atoms with Gasteiger partial charge in [0.25, 0.3) is 0 Å². The molecular formula is C13H10N2O3S. The number of sulfone groups is 1. The standard InChI is InChI=1S/C13H10N2O3S/c14-8-9-6-13(12(16)7-11(9)15)19(17,18)10-4-2-1-3-5-10/h1-7,16H,15H2. The highest BCUT2D eigenvalue weighted by molar-refractivity contribution is 7.91. The van der Waals surface area contributed by atoms with Gasteiger partial charge in [0.15, 0.2) is 0 Å². The zero-order valence-electron chi connectivity index (χ0n) is 9.74. The number of hydrogen-bond acceptors (Lipinski definition) is 5. The number of rotatable bonds is 2. The molecule has 0 aliphatic heterocycles. The summed E-state index contributed by atoms with van der Waals surface area (Å²) >= 11 is 0. The van der Waals surface area contributed by atoms with Crippen molar-refractivity contribution in [3.05, 3.63) is 48.0 Å². The summed E-state index contributed by atoms with van der Waals surface area (Å²) in [5.74, 6) is -0.472. The Morgan fingerprint density at radius 3 is 2.37 bits per heavy atom. The smallest absolute Gasteiger partial charge is 0.210 e. The van der Waals surface area contributed by atoms with Gasteiger partial charge < -0.3 is 10.8 Å². The number of nitriles is 1. The molecule has 96 valence electrons. The van der Waals surface area contributed by atoms with E-state index >= 15 is 0 Å². The molecule has 0 saturated carbocycles. The van der Waals surface area contributed by atoms with Gasteiger partial charge in [-0.2, -0.15) is 5.26 Å².